The van der Waals surface area contributed by atoms with Crippen LogP contribution in [0, 0.1) is 10.1 Å². The van der Waals surface area contributed by atoms with E-state index in [0.29, 0.717) is 30.2 Å². The van der Waals surface area contributed by atoms with Crippen molar-refractivity contribution in [1.29, 1.82) is 0 Å². The van der Waals surface area contributed by atoms with E-state index in [1.54, 1.807) is 17.0 Å². The normalized spacial score (nSPS) is 18.0. The number of benzene rings is 1. The molecule has 3 amide bonds. The lowest BCUT2D eigenvalue weighted by atomic mass is 10.1. The molecule has 0 spiro atoms. The number of non-ortho nitro benzene ring substituents is 1. The molecule has 0 saturated carbocycles. The molecular weight excluding hydrogens is 458 g/mol. The topological polar surface area (TPSA) is 114 Å². The van der Waals surface area contributed by atoms with E-state index in [1.165, 1.54) is 24.3 Å². The van der Waals surface area contributed by atoms with Gasteiger partial charge in [-0.2, -0.15) is 0 Å². The SMILES string of the molecule is O=C(CN1C(=O)S/C(=C\c2ccc(-c3ccc([N+](=O)[O-])cc3Cl)o2)C1=O)N1CCCCC1. The molecule has 3 heterocycles. The molecule has 1 aromatic carbocycles. The van der Waals surface area contributed by atoms with Gasteiger partial charge in [-0.1, -0.05) is 11.6 Å². The molecule has 32 heavy (non-hydrogen) atoms. The van der Waals surface area contributed by atoms with Gasteiger partial charge in [0.15, 0.2) is 0 Å². The van der Waals surface area contributed by atoms with Crippen LogP contribution in [0.1, 0.15) is 25.0 Å². The second-order valence-corrected chi connectivity index (χ2v) is 8.73. The summed E-state index contributed by atoms with van der Waals surface area (Å²) in [6.45, 7) is 1.01. The van der Waals surface area contributed by atoms with Crippen LogP contribution in [0.15, 0.2) is 39.7 Å². The highest BCUT2D eigenvalue weighted by Gasteiger charge is 2.37. The van der Waals surface area contributed by atoms with Crippen molar-refractivity contribution in [3.05, 3.63) is 56.1 Å². The van der Waals surface area contributed by atoms with Gasteiger partial charge in [-0.25, -0.2) is 0 Å². The first-order chi connectivity index (χ1) is 15.3. The maximum Gasteiger partial charge on any atom is 0.294 e. The number of piperidine rings is 1. The first kappa shape index (κ1) is 22.1. The summed E-state index contributed by atoms with van der Waals surface area (Å²) in [5, 5.41) is 10.5. The molecule has 0 atom stereocenters. The van der Waals surface area contributed by atoms with Gasteiger partial charge in [0.05, 0.1) is 14.9 Å². The van der Waals surface area contributed by atoms with Crippen molar-refractivity contribution < 1.29 is 23.7 Å². The minimum atomic E-state index is -0.546. The number of carbonyl (C=O) groups excluding carboxylic acids is 3. The van der Waals surface area contributed by atoms with Gasteiger partial charge in [-0.15, -0.1) is 0 Å². The number of amides is 3. The Bertz CT molecular complexity index is 1140. The molecule has 0 aliphatic carbocycles. The summed E-state index contributed by atoms with van der Waals surface area (Å²) in [7, 11) is 0. The summed E-state index contributed by atoms with van der Waals surface area (Å²) in [6, 6.07) is 7.23. The Hall–Kier alpha value is -3.11. The summed E-state index contributed by atoms with van der Waals surface area (Å²) in [6.07, 6.45) is 4.35. The zero-order valence-corrected chi connectivity index (χ0v) is 18.4. The zero-order valence-electron chi connectivity index (χ0n) is 16.8. The number of furan rings is 1. The molecule has 2 aliphatic heterocycles. The van der Waals surface area contributed by atoms with Gasteiger partial charge in [-0.05, 0) is 49.2 Å². The maximum absolute atomic E-state index is 12.7. The van der Waals surface area contributed by atoms with E-state index in [9.17, 15) is 24.5 Å². The van der Waals surface area contributed by atoms with Gasteiger partial charge < -0.3 is 9.32 Å². The molecule has 11 heteroatoms. The number of carbonyl (C=O) groups is 3. The lowest BCUT2D eigenvalue weighted by Gasteiger charge is -2.27. The molecule has 4 rings (SSSR count). The van der Waals surface area contributed by atoms with E-state index in [0.717, 1.165) is 35.9 Å². The number of hydrogen-bond acceptors (Lipinski definition) is 7. The lowest BCUT2D eigenvalue weighted by Crippen LogP contribution is -2.44. The van der Waals surface area contributed by atoms with E-state index >= 15 is 0 Å². The van der Waals surface area contributed by atoms with Crippen molar-refractivity contribution in [3.8, 4) is 11.3 Å². The van der Waals surface area contributed by atoms with Crippen molar-refractivity contribution in [2.75, 3.05) is 19.6 Å². The quantitative estimate of drug-likeness (QED) is 0.354. The van der Waals surface area contributed by atoms with E-state index in [1.807, 2.05) is 0 Å². The average molecular weight is 476 g/mol. The van der Waals surface area contributed by atoms with Crippen LogP contribution in [0.5, 0.6) is 0 Å². The number of rotatable bonds is 5. The molecule has 1 aromatic heterocycles. The molecule has 166 valence electrons. The molecule has 2 saturated heterocycles. The Morgan fingerprint density at radius 1 is 1.19 bits per heavy atom. The van der Waals surface area contributed by atoms with Crippen molar-refractivity contribution in [2.45, 2.75) is 19.3 Å². The van der Waals surface area contributed by atoms with Crippen LogP contribution in [0.2, 0.25) is 5.02 Å². The summed E-state index contributed by atoms with van der Waals surface area (Å²) in [4.78, 5) is 50.6. The monoisotopic (exact) mass is 475 g/mol. The Kier molecular flexibility index (Phi) is 6.33. The summed E-state index contributed by atoms with van der Waals surface area (Å²) in [5.41, 5.74) is 0.315. The third-order valence-corrected chi connectivity index (χ3v) is 6.42. The van der Waals surface area contributed by atoms with Crippen LogP contribution in [0.4, 0.5) is 10.5 Å². The number of thioether (sulfide) groups is 1. The van der Waals surface area contributed by atoms with Gasteiger partial charge in [0.2, 0.25) is 5.91 Å². The van der Waals surface area contributed by atoms with E-state index in [-0.39, 0.29) is 28.1 Å². The fourth-order valence-corrected chi connectivity index (χ4v) is 4.62. The number of likely N-dealkylation sites (tertiary alicyclic amines) is 1. The van der Waals surface area contributed by atoms with Crippen LogP contribution in [-0.4, -0.2) is 51.4 Å². The molecule has 2 aliphatic rings. The van der Waals surface area contributed by atoms with E-state index < -0.39 is 16.1 Å². The molecule has 0 radical (unpaired) electrons. The van der Waals surface area contributed by atoms with Gasteiger partial charge in [0.1, 0.15) is 18.1 Å². The predicted octanol–water partition coefficient (Wildman–Crippen LogP) is 4.56. The lowest BCUT2D eigenvalue weighted by molar-refractivity contribution is -0.384. The Morgan fingerprint density at radius 2 is 1.94 bits per heavy atom. The Morgan fingerprint density at radius 3 is 2.62 bits per heavy atom. The average Bonchev–Trinajstić information content (AvgIpc) is 3.34. The smallest absolute Gasteiger partial charge is 0.294 e. The number of nitro benzene ring substituents is 1. The highest BCUT2D eigenvalue weighted by Crippen LogP contribution is 2.35. The molecule has 9 nitrogen and oxygen atoms in total. The van der Waals surface area contributed by atoms with Crippen LogP contribution in [0.3, 0.4) is 0 Å². The van der Waals surface area contributed by atoms with Gasteiger partial charge in [-0.3, -0.25) is 29.4 Å². The van der Waals surface area contributed by atoms with Crippen LogP contribution in [-0.2, 0) is 9.59 Å². The predicted molar refractivity (Wildman–Crippen MR) is 119 cm³/mol. The number of hydrogen-bond donors (Lipinski definition) is 0. The number of nitrogens with zero attached hydrogens (tertiary/aromatic N) is 3. The second kappa shape index (κ2) is 9.17. The fourth-order valence-electron chi connectivity index (χ4n) is 3.54. The molecule has 0 unspecified atom stereocenters. The summed E-state index contributed by atoms with van der Waals surface area (Å²) in [5.74, 6) is -0.115. The minimum Gasteiger partial charge on any atom is -0.457 e. The number of nitro groups is 1. The standard InChI is InChI=1S/C21H18ClN3O6S/c22-16-10-13(25(29)30)4-6-15(16)17-7-5-14(31-17)11-18-20(27)24(21(28)32-18)12-19(26)23-8-2-1-3-9-23/h4-7,10-11H,1-3,8-9,12H2/b18-11-. The van der Waals surface area contributed by atoms with Crippen molar-refractivity contribution in [3.63, 3.8) is 0 Å². The third kappa shape index (κ3) is 4.56. The summed E-state index contributed by atoms with van der Waals surface area (Å²) >= 11 is 6.88. The van der Waals surface area contributed by atoms with Crippen molar-refractivity contribution in [1.82, 2.24) is 9.80 Å². The van der Waals surface area contributed by atoms with Crippen LogP contribution in [0.25, 0.3) is 17.4 Å². The van der Waals surface area contributed by atoms with E-state index in [2.05, 4.69) is 0 Å². The molecule has 2 aromatic rings. The molecule has 0 N–H and O–H groups in total. The third-order valence-electron chi connectivity index (χ3n) is 5.20. The van der Waals surface area contributed by atoms with Gasteiger partial charge in [0, 0.05) is 36.9 Å². The van der Waals surface area contributed by atoms with Gasteiger partial charge >= 0.3 is 0 Å². The largest absolute Gasteiger partial charge is 0.457 e. The van der Waals surface area contributed by atoms with Crippen molar-refractivity contribution in [2.24, 2.45) is 0 Å². The minimum absolute atomic E-state index is 0.140. The Labute approximate surface area is 192 Å². The molecule has 2 fully saturated rings. The maximum atomic E-state index is 12.7. The fraction of sp³-hybridized carbons (Fsp3) is 0.286. The first-order valence-corrected chi connectivity index (χ1v) is 11.1. The van der Waals surface area contributed by atoms with Gasteiger partial charge in [0.25, 0.3) is 16.8 Å². The van der Waals surface area contributed by atoms with E-state index in [4.69, 9.17) is 16.0 Å². The first-order valence-electron chi connectivity index (χ1n) is 9.91. The number of imide groups is 1. The second-order valence-electron chi connectivity index (χ2n) is 7.33. The van der Waals surface area contributed by atoms with Crippen LogP contribution >= 0.6 is 23.4 Å². The zero-order chi connectivity index (χ0) is 22.8. The number of halogens is 1. The molecular formula is C21H18ClN3O6S. The summed E-state index contributed by atoms with van der Waals surface area (Å²) < 4.78 is 5.71. The highest BCUT2D eigenvalue weighted by atomic mass is 35.5. The van der Waals surface area contributed by atoms with Crippen LogP contribution < -0.4 is 0 Å². The van der Waals surface area contributed by atoms with Crippen molar-refractivity contribution >= 4 is 52.2 Å². The highest BCUT2D eigenvalue weighted by molar-refractivity contribution is 8.18. The molecule has 0 bridgehead atoms. The Balaban J connectivity index is 1.48.